The van der Waals surface area contributed by atoms with E-state index in [2.05, 4.69) is 12.2 Å². The maximum atomic E-state index is 12.5. The van der Waals surface area contributed by atoms with Gasteiger partial charge in [-0.05, 0) is 36.2 Å². The van der Waals surface area contributed by atoms with E-state index in [1.54, 1.807) is 12.1 Å². The summed E-state index contributed by atoms with van der Waals surface area (Å²) in [4.78, 5) is 25.9. The van der Waals surface area contributed by atoms with E-state index in [1.807, 2.05) is 42.5 Å². The summed E-state index contributed by atoms with van der Waals surface area (Å²) in [5, 5.41) is 3.16. The third-order valence-electron chi connectivity index (χ3n) is 3.86. The van der Waals surface area contributed by atoms with Gasteiger partial charge in [0.2, 0.25) is 5.91 Å². The number of hydrogen-bond donors (Lipinski definition) is 1. The summed E-state index contributed by atoms with van der Waals surface area (Å²) in [5.41, 5.74) is 2.73. The molecule has 1 aliphatic rings. The second-order valence-electron chi connectivity index (χ2n) is 5.35. The topological polar surface area (TPSA) is 49.4 Å². The molecule has 4 nitrogen and oxygen atoms in total. The molecular formula is C18H18N2O2. The van der Waals surface area contributed by atoms with Crippen molar-refractivity contribution in [1.29, 1.82) is 0 Å². The summed E-state index contributed by atoms with van der Waals surface area (Å²) in [6.45, 7) is 2.10. The summed E-state index contributed by atoms with van der Waals surface area (Å²) in [5.74, 6) is -0.366. The largest absolute Gasteiger partial charge is 0.373 e. The number of rotatable bonds is 4. The van der Waals surface area contributed by atoms with Gasteiger partial charge in [0.15, 0.2) is 0 Å². The molecule has 0 spiro atoms. The number of carbonyl (C=O) groups is 2. The van der Waals surface area contributed by atoms with Gasteiger partial charge in [-0.3, -0.25) is 9.59 Å². The molecule has 22 heavy (non-hydrogen) atoms. The number of hydrogen-bond acceptors (Lipinski definition) is 3. The Labute approximate surface area is 129 Å². The summed E-state index contributed by atoms with van der Waals surface area (Å²) >= 11 is 0. The number of nitrogens with one attached hydrogen (secondary N) is 1. The quantitative estimate of drug-likeness (QED) is 0.882. The fourth-order valence-electron chi connectivity index (χ4n) is 2.63. The van der Waals surface area contributed by atoms with Crippen molar-refractivity contribution < 1.29 is 9.59 Å². The van der Waals surface area contributed by atoms with Crippen LogP contribution in [0.15, 0.2) is 54.6 Å². The van der Waals surface area contributed by atoms with Crippen molar-refractivity contribution in [2.75, 3.05) is 10.2 Å². The predicted octanol–water partition coefficient (Wildman–Crippen LogP) is 2.99. The van der Waals surface area contributed by atoms with Crippen molar-refractivity contribution in [2.45, 2.75) is 25.8 Å². The molecule has 0 aliphatic carbocycles. The fourth-order valence-corrected chi connectivity index (χ4v) is 2.63. The van der Waals surface area contributed by atoms with Crippen LogP contribution in [0.25, 0.3) is 0 Å². The molecule has 1 aliphatic heterocycles. The molecule has 1 unspecified atom stereocenters. The van der Waals surface area contributed by atoms with Gasteiger partial charge in [0.1, 0.15) is 6.04 Å². The van der Waals surface area contributed by atoms with Crippen LogP contribution in [0.4, 0.5) is 11.4 Å². The van der Waals surface area contributed by atoms with E-state index >= 15 is 0 Å². The molecule has 1 N–H and O–H groups in total. The van der Waals surface area contributed by atoms with Crippen LogP contribution < -0.4 is 10.2 Å². The van der Waals surface area contributed by atoms with Crippen LogP contribution in [-0.4, -0.2) is 17.9 Å². The van der Waals surface area contributed by atoms with Gasteiger partial charge in [-0.15, -0.1) is 0 Å². The van der Waals surface area contributed by atoms with E-state index in [9.17, 15) is 9.59 Å². The number of aryl methyl sites for hydroxylation is 1. The average molecular weight is 294 g/mol. The van der Waals surface area contributed by atoms with Crippen LogP contribution in [0.2, 0.25) is 0 Å². The van der Waals surface area contributed by atoms with Crippen molar-refractivity contribution in [2.24, 2.45) is 0 Å². The van der Waals surface area contributed by atoms with Crippen molar-refractivity contribution in [1.82, 2.24) is 0 Å². The van der Waals surface area contributed by atoms with Crippen molar-refractivity contribution in [3.05, 3.63) is 60.2 Å². The highest BCUT2D eigenvalue weighted by atomic mass is 16.2. The van der Waals surface area contributed by atoms with Crippen LogP contribution in [0, 0.1) is 0 Å². The summed E-state index contributed by atoms with van der Waals surface area (Å²) in [6, 6.07) is 16.5. The molecule has 4 heteroatoms. The minimum Gasteiger partial charge on any atom is -0.373 e. The summed E-state index contributed by atoms with van der Waals surface area (Å²) in [6.07, 6.45) is 1.16. The van der Waals surface area contributed by atoms with Crippen LogP contribution in [0.5, 0.6) is 0 Å². The minimum atomic E-state index is -0.500. The van der Waals surface area contributed by atoms with E-state index in [0.717, 1.165) is 12.1 Å². The highest BCUT2D eigenvalue weighted by Crippen LogP contribution is 2.24. The lowest BCUT2D eigenvalue weighted by atomic mass is 10.1. The molecule has 2 aromatic rings. The first-order valence-electron chi connectivity index (χ1n) is 7.46. The maximum absolute atomic E-state index is 12.5. The number of nitrogens with zero attached hydrogens (tertiary/aromatic N) is 1. The van der Waals surface area contributed by atoms with Crippen LogP contribution in [0.1, 0.15) is 18.9 Å². The third kappa shape index (κ3) is 2.72. The summed E-state index contributed by atoms with van der Waals surface area (Å²) < 4.78 is 0. The second-order valence-corrected chi connectivity index (χ2v) is 5.35. The van der Waals surface area contributed by atoms with E-state index in [0.29, 0.717) is 5.69 Å². The zero-order chi connectivity index (χ0) is 15.5. The van der Waals surface area contributed by atoms with Crippen molar-refractivity contribution in [3.63, 3.8) is 0 Å². The zero-order valence-corrected chi connectivity index (χ0v) is 12.5. The first kappa shape index (κ1) is 14.3. The number of carbonyl (C=O) groups excluding carboxylic acids is 2. The maximum Gasteiger partial charge on any atom is 0.256 e. The Bertz CT molecular complexity index is 680. The number of anilines is 2. The van der Waals surface area contributed by atoms with Crippen LogP contribution in [-0.2, 0) is 16.0 Å². The van der Waals surface area contributed by atoms with Crippen molar-refractivity contribution in [3.8, 4) is 0 Å². The van der Waals surface area contributed by atoms with E-state index in [4.69, 9.17) is 0 Å². The van der Waals surface area contributed by atoms with Gasteiger partial charge in [-0.25, -0.2) is 4.90 Å². The third-order valence-corrected chi connectivity index (χ3v) is 3.86. The van der Waals surface area contributed by atoms with E-state index < -0.39 is 6.04 Å². The lowest BCUT2D eigenvalue weighted by Crippen LogP contribution is -2.34. The Hall–Kier alpha value is -2.62. The Morgan fingerprint density at radius 3 is 2.36 bits per heavy atom. The SMILES string of the molecule is CCc1ccc(NC2CC(=O)N(c3ccccc3)C2=O)cc1. The molecule has 2 amide bonds. The van der Waals surface area contributed by atoms with Gasteiger partial charge in [-0.2, -0.15) is 0 Å². The Morgan fingerprint density at radius 1 is 1.05 bits per heavy atom. The van der Waals surface area contributed by atoms with E-state index in [-0.39, 0.29) is 18.2 Å². The standard InChI is InChI=1S/C18H18N2O2/c1-2-13-8-10-14(11-9-13)19-16-12-17(21)20(18(16)22)15-6-4-3-5-7-15/h3-11,16,19H,2,12H2,1H3. The van der Waals surface area contributed by atoms with Gasteiger partial charge >= 0.3 is 0 Å². The Kier molecular flexibility index (Phi) is 3.92. The lowest BCUT2D eigenvalue weighted by molar-refractivity contribution is -0.121. The smallest absolute Gasteiger partial charge is 0.256 e. The molecule has 112 valence electrons. The monoisotopic (exact) mass is 294 g/mol. The van der Waals surface area contributed by atoms with Gasteiger partial charge in [-0.1, -0.05) is 37.3 Å². The molecule has 1 atom stereocenters. The highest BCUT2D eigenvalue weighted by molar-refractivity contribution is 6.23. The predicted molar refractivity (Wildman–Crippen MR) is 86.8 cm³/mol. The molecule has 1 heterocycles. The van der Waals surface area contributed by atoms with Gasteiger partial charge in [0, 0.05) is 5.69 Å². The fraction of sp³-hybridized carbons (Fsp3) is 0.222. The minimum absolute atomic E-state index is 0.168. The first-order valence-corrected chi connectivity index (χ1v) is 7.46. The number of benzene rings is 2. The number of para-hydroxylation sites is 1. The molecular weight excluding hydrogens is 276 g/mol. The molecule has 3 rings (SSSR count). The lowest BCUT2D eigenvalue weighted by Gasteiger charge is -2.16. The molecule has 0 saturated carbocycles. The average Bonchev–Trinajstić information content (AvgIpc) is 2.83. The van der Waals surface area contributed by atoms with E-state index in [1.165, 1.54) is 10.5 Å². The van der Waals surface area contributed by atoms with Gasteiger partial charge in [0.05, 0.1) is 12.1 Å². The molecule has 0 aromatic heterocycles. The second kappa shape index (κ2) is 6.02. The Balaban J connectivity index is 1.76. The Morgan fingerprint density at radius 2 is 1.73 bits per heavy atom. The molecule has 2 aromatic carbocycles. The van der Waals surface area contributed by atoms with Crippen LogP contribution in [0.3, 0.4) is 0 Å². The van der Waals surface area contributed by atoms with Crippen LogP contribution >= 0.6 is 0 Å². The van der Waals surface area contributed by atoms with Gasteiger partial charge in [0.25, 0.3) is 5.91 Å². The number of amides is 2. The summed E-state index contributed by atoms with van der Waals surface area (Å²) in [7, 11) is 0. The molecule has 1 fully saturated rings. The highest BCUT2D eigenvalue weighted by Gasteiger charge is 2.39. The normalized spacial score (nSPS) is 17.9. The molecule has 1 saturated heterocycles. The first-order chi connectivity index (χ1) is 10.7. The molecule has 0 radical (unpaired) electrons. The molecule has 0 bridgehead atoms. The van der Waals surface area contributed by atoms with Crippen molar-refractivity contribution >= 4 is 23.2 Å². The number of imide groups is 1. The van der Waals surface area contributed by atoms with Gasteiger partial charge < -0.3 is 5.32 Å². The zero-order valence-electron chi connectivity index (χ0n) is 12.5.